The van der Waals surface area contributed by atoms with Crippen LogP contribution < -0.4 is 5.32 Å². The van der Waals surface area contributed by atoms with Crippen molar-refractivity contribution in [3.63, 3.8) is 0 Å². The van der Waals surface area contributed by atoms with Crippen molar-refractivity contribution in [1.82, 2.24) is 10.2 Å². The number of phenols is 1. The molecule has 2 amide bonds. The Morgan fingerprint density at radius 1 is 1.21 bits per heavy atom. The first kappa shape index (κ1) is 21.0. The summed E-state index contributed by atoms with van der Waals surface area (Å²) in [6, 6.07) is 13.0. The number of aromatic hydroxyl groups is 1. The number of amides is 2. The summed E-state index contributed by atoms with van der Waals surface area (Å²) in [6.45, 7) is 5.76. The number of alkyl carbamates (subject to hydrolysis) is 1. The number of hydrogen-bond acceptors (Lipinski definition) is 4. The van der Waals surface area contributed by atoms with Crippen molar-refractivity contribution in [2.45, 2.75) is 44.9 Å². The van der Waals surface area contributed by atoms with Gasteiger partial charge in [0.25, 0.3) is 0 Å². The summed E-state index contributed by atoms with van der Waals surface area (Å²) < 4.78 is 5.27. The number of rotatable bonds is 4. The van der Waals surface area contributed by atoms with Gasteiger partial charge in [0.15, 0.2) is 0 Å². The number of likely N-dealkylation sites (tertiary alicyclic amines) is 1. The van der Waals surface area contributed by atoms with Gasteiger partial charge in [0.2, 0.25) is 5.91 Å². The highest BCUT2D eigenvalue weighted by Gasteiger charge is 2.38. The van der Waals surface area contributed by atoms with Crippen molar-refractivity contribution in [2.75, 3.05) is 6.54 Å². The minimum atomic E-state index is -0.663. The van der Waals surface area contributed by atoms with E-state index in [4.69, 9.17) is 16.3 Å². The largest absolute Gasteiger partial charge is 0.508 e. The molecule has 2 aromatic carbocycles. The van der Waals surface area contributed by atoms with Crippen LogP contribution in [-0.4, -0.2) is 40.2 Å². The van der Waals surface area contributed by atoms with E-state index in [0.29, 0.717) is 18.0 Å². The predicted molar refractivity (Wildman–Crippen MR) is 111 cm³/mol. The maximum Gasteiger partial charge on any atom is 0.408 e. The molecule has 0 saturated carbocycles. The van der Waals surface area contributed by atoms with Crippen molar-refractivity contribution in [2.24, 2.45) is 0 Å². The molecule has 0 aliphatic carbocycles. The van der Waals surface area contributed by atoms with Crippen LogP contribution in [0.4, 0.5) is 4.79 Å². The zero-order valence-electron chi connectivity index (χ0n) is 16.7. The molecular formula is C22H25ClN2O4. The fourth-order valence-electron chi connectivity index (χ4n) is 3.47. The second kappa shape index (κ2) is 8.33. The molecule has 29 heavy (non-hydrogen) atoms. The summed E-state index contributed by atoms with van der Waals surface area (Å²) in [4.78, 5) is 26.9. The Kier molecular flexibility index (Phi) is 6.03. The number of hydrogen-bond donors (Lipinski definition) is 2. The first-order valence-electron chi connectivity index (χ1n) is 9.48. The molecule has 0 spiro atoms. The molecule has 2 aromatic rings. The SMILES string of the molecule is CC(C)(C)OC(=O)NC1CCN(C(c2cccc(O)c2)c2cccc(Cl)c2)C1=O. The number of nitrogens with one attached hydrogen (secondary N) is 1. The predicted octanol–water partition coefficient (Wildman–Crippen LogP) is 4.26. The van der Waals surface area contributed by atoms with Crippen LogP contribution in [-0.2, 0) is 9.53 Å². The Morgan fingerprint density at radius 3 is 2.48 bits per heavy atom. The molecule has 7 heteroatoms. The molecule has 1 saturated heterocycles. The minimum absolute atomic E-state index is 0.115. The van der Waals surface area contributed by atoms with E-state index in [1.807, 2.05) is 18.2 Å². The monoisotopic (exact) mass is 416 g/mol. The average Bonchev–Trinajstić information content (AvgIpc) is 2.94. The van der Waals surface area contributed by atoms with E-state index >= 15 is 0 Å². The number of ether oxygens (including phenoxy) is 1. The van der Waals surface area contributed by atoms with Crippen molar-refractivity contribution in [1.29, 1.82) is 0 Å². The molecule has 0 aromatic heterocycles. The summed E-state index contributed by atoms with van der Waals surface area (Å²) >= 11 is 6.18. The highest BCUT2D eigenvalue weighted by molar-refractivity contribution is 6.30. The molecule has 154 valence electrons. The lowest BCUT2D eigenvalue weighted by molar-refractivity contribution is -0.130. The highest BCUT2D eigenvalue weighted by Crippen LogP contribution is 2.34. The van der Waals surface area contributed by atoms with Gasteiger partial charge in [-0.25, -0.2) is 4.79 Å². The van der Waals surface area contributed by atoms with Gasteiger partial charge in [-0.1, -0.05) is 35.9 Å². The first-order chi connectivity index (χ1) is 13.6. The smallest absolute Gasteiger partial charge is 0.408 e. The molecule has 0 bridgehead atoms. The fraction of sp³-hybridized carbons (Fsp3) is 0.364. The molecule has 2 N–H and O–H groups in total. The second-order valence-corrected chi connectivity index (χ2v) is 8.51. The lowest BCUT2D eigenvalue weighted by atomic mass is 9.97. The summed E-state index contributed by atoms with van der Waals surface area (Å²) in [6.07, 6.45) is -0.150. The number of carbonyl (C=O) groups is 2. The van der Waals surface area contributed by atoms with Gasteiger partial charge in [-0.2, -0.15) is 0 Å². The summed E-state index contributed by atoms with van der Waals surface area (Å²) in [5, 5.41) is 13.2. The van der Waals surface area contributed by atoms with E-state index in [1.165, 1.54) is 0 Å². The van der Waals surface area contributed by atoms with Gasteiger partial charge in [-0.15, -0.1) is 0 Å². The maximum atomic E-state index is 13.1. The van der Waals surface area contributed by atoms with Crippen LogP contribution in [0.1, 0.15) is 44.4 Å². The number of nitrogens with zero attached hydrogens (tertiary/aromatic N) is 1. The minimum Gasteiger partial charge on any atom is -0.508 e. The maximum absolute atomic E-state index is 13.1. The van der Waals surface area contributed by atoms with Crippen molar-refractivity contribution >= 4 is 23.6 Å². The van der Waals surface area contributed by atoms with Gasteiger partial charge < -0.3 is 20.1 Å². The van der Waals surface area contributed by atoms with Crippen LogP contribution in [0.3, 0.4) is 0 Å². The third-order valence-electron chi connectivity index (χ3n) is 4.59. The molecule has 0 radical (unpaired) electrons. The Balaban J connectivity index is 1.87. The van der Waals surface area contributed by atoms with E-state index in [2.05, 4.69) is 5.32 Å². The molecule has 2 atom stereocenters. The zero-order valence-corrected chi connectivity index (χ0v) is 17.4. The van der Waals surface area contributed by atoms with Crippen molar-refractivity contribution in [3.05, 3.63) is 64.7 Å². The normalized spacial score (nSPS) is 17.9. The topological polar surface area (TPSA) is 78.9 Å². The molecule has 1 aliphatic heterocycles. The van der Waals surface area contributed by atoms with Crippen molar-refractivity contribution < 1.29 is 19.4 Å². The number of carbonyl (C=O) groups excluding carboxylic acids is 2. The standard InChI is InChI=1S/C22H25ClN2O4/c1-22(2,3)29-21(28)24-18-10-11-25(20(18)27)19(14-6-4-8-16(23)12-14)15-7-5-9-17(26)13-15/h4-9,12-13,18-19,26H,10-11H2,1-3H3,(H,24,28). The van der Waals surface area contributed by atoms with E-state index in [0.717, 1.165) is 11.1 Å². The molecule has 6 nitrogen and oxygen atoms in total. The molecule has 1 aliphatic rings. The Bertz CT molecular complexity index is 864. The molecule has 2 unspecified atom stereocenters. The zero-order chi connectivity index (χ0) is 21.2. The van der Waals surface area contributed by atoms with Crippen LogP contribution in [0.5, 0.6) is 5.75 Å². The van der Waals surface area contributed by atoms with Crippen molar-refractivity contribution in [3.8, 4) is 5.75 Å². The van der Waals surface area contributed by atoms with Gasteiger partial charge in [0.1, 0.15) is 17.4 Å². The molecule has 1 fully saturated rings. The molecular weight excluding hydrogens is 392 g/mol. The first-order valence-corrected chi connectivity index (χ1v) is 9.86. The van der Waals surface area contributed by atoms with E-state index in [1.54, 1.807) is 56.0 Å². The number of phenolic OH excluding ortho intramolecular Hbond substituents is 1. The third-order valence-corrected chi connectivity index (χ3v) is 4.83. The lowest BCUT2D eigenvalue weighted by Crippen LogP contribution is -2.44. The molecule has 1 heterocycles. The number of benzene rings is 2. The van der Waals surface area contributed by atoms with E-state index in [-0.39, 0.29) is 11.7 Å². The van der Waals surface area contributed by atoms with Crippen LogP contribution in [0.15, 0.2) is 48.5 Å². The van der Waals surface area contributed by atoms with Gasteiger partial charge in [-0.05, 0) is 62.6 Å². The Hall–Kier alpha value is -2.73. The van der Waals surface area contributed by atoms with Crippen LogP contribution in [0, 0.1) is 0 Å². The molecule has 3 rings (SSSR count). The van der Waals surface area contributed by atoms with Crippen LogP contribution in [0.25, 0.3) is 0 Å². The van der Waals surface area contributed by atoms with Crippen LogP contribution >= 0.6 is 11.6 Å². The summed E-state index contributed by atoms with van der Waals surface area (Å²) in [7, 11) is 0. The second-order valence-electron chi connectivity index (χ2n) is 8.07. The van der Waals surface area contributed by atoms with Gasteiger partial charge in [-0.3, -0.25) is 4.79 Å². The van der Waals surface area contributed by atoms with E-state index < -0.39 is 23.8 Å². The van der Waals surface area contributed by atoms with Crippen LogP contribution in [0.2, 0.25) is 5.02 Å². The summed E-state index contributed by atoms with van der Waals surface area (Å²) in [5.41, 5.74) is 0.948. The van der Waals surface area contributed by atoms with Gasteiger partial charge >= 0.3 is 6.09 Å². The number of halogens is 1. The van der Waals surface area contributed by atoms with Gasteiger partial charge in [0.05, 0.1) is 6.04 Å². The Labute approximate surface area is 175 Å². The van der Waals surface area contributed by atoms with Gasteiger partial charge in [0, 0.05) is 11.6 Å². The lowest BCUT2D eigenvalue weighted by Gasteiger charge is -2.29. The fourth-order valence-corrected chi connectivity index (χ4v) is 3.66. The quantitative estimate of drug-likeness (QED) is 0.780. The van der Waals surface area contributed by atoms with E-state index in [9.17, 15) is 14.7 Å². The third kappa shape index (κ3) is 5.21. The highest BCUT2D eigenvalue weighted by atomic mass is 35.5. The summed E-state index contributed by atoms with van der Waals surface area (Å²) in [5.74, 6) is -0.0891. The average molecular weight is 417 g/mol. The Morgan fingerprint density at radius 2 is 1.86 bits per heavy atom.